The number of aromatic nitrogens is 1. The first-order chi connectivity index (χ1) is 5.95. The van der Waals surface area contributed by atoms with E-state index >= 15 is 0 Å². The second-order valence-corrected chi connectivity index (χ2v) is 3.12. The van der Waals surface area contributed by atoms with Crippen LogP contribution in [0.25, 0.3) is 0 Å². The van der Waals surface area contributed by atoms with E-state index in [2.05, 4.69) is 10.3 Å². The van der Waals surface area contributed by atoms with Gasteiger partial charge in [-0.25, -0.2) is 0 Å². The molecular weight excluding hydrogens is 152 g/mol. The topological polar surface area (TPSA) is 37.0 Å². The van der Waals surface area contributed by atoms with Gasteiger partial charge in [-0.05, 0) is 31.5 Å². The fourth-order valence-corrected chi connectivity index (χ4v) is 1.49. The number of aromatic amines is 1. The average molecular weight is 166 g/mol. The summed E-state index contributed by atoms with van der Waals surface area (Å²) in [5.41, 5.74) is 0. The lowest BCUT2D eigenvalue weighted by Gasteiger charge is -2.22. The minimum absolute atomic E-state index is 0.345. The number of hydrogen-bond donors (Lipinski definition) is 2. The van der Waals surface area contributed by atoms with Crippen LogP contribution < -0.4 is 10.1 Å². The predicted octanol–water partition coefficient (Wildman–Crippen LogP) is 1.15. The Balaban J connectivity index is 1.86. The predicted molar refractivity (Wildman–Crippen MR) is 47.3 cm³/mol. The molecule has 1 aliphatic heterocycles. The molecule has 1 aromatic rings. The van der Waals surface area contributed by atoms with Gasteiger partial charge in [0.25, 0.3) is 0 Å². The quantitative estimate of drug-likeness (QED) is 0.691. The molecule has 1 unspecified atom stereocenters. The molecule has 0 amide bonds. The molecule has 12 heavy (non-hydrogen) atoms. The van der Waals surface area contributed by atoms with Gasteiger partial charge in [-0.15, -0.1) is 0 Å². The van der Waals surface area contributed by atoms with Crippen LogP contribution in [0.4, 0.5) is 0 Å². The zero-order valence-electron chi connectivity index (χ0n) is 7.05. The molecule has 1 atom stereocenters. The van der Waals surface area contributed by atoms with Crippen LogP contribution in [0.3, 0.4) is 0 Å². The standard InChI is InChI=1S/C9H14N2O/c1-3-8(7-10-5-1)12-9-4-2-6-11-9/h2,4,6,8,10-11H,1,3,5,7H2. The Labute approximate surface area is 72.1 Å². The summed E-state index contributed by atoms with van der Waals surface area (Å²) in [7, 11) is 0. The highest BCUT2D eigenvalue weighted by molar-refractivity contribution is 5.10. The molecule has 0 aromatic carbocycles. The Morgan fingerprint density at radius 1 is 1.50 bits per heavy atom. The molecule has 1 aromatic heterocycles. The second-order valence-electron chi connectivity index (χ2n) is 3.12. The van der Waals surface area contributed by atoms with Crippen molar-refractivity contribution in [3.8, 4) is 5.88 Å². The summed E-state index contributed by atoms with van der Waals surface area (Å²) in [6, 6.07) is 3.90. The Morgan fingerprint density at radius 3 is 3.17 bits per heavy atom. The van der Waals surface area contributed by atoms with Crippen molar-refractivity contribution in [3.63, 3.8) is 0 Å². The van der Waals surface area contributed by atoms with Crippen molar-refractivity contribution in [1.82, 2.24) is 10.3 Å². The summed E-state index contributed by atoms with van der Waals surface area (Å²) in [6.45, 7) is 2.10. The maximum atomic E-state index is 5.68. The minimum atomic E-state index is 0.345. The molecule has 0 spiro atoms. The van der Waals surface area contributed by atoms with Crippen LogP contribution in [0.5, 0.6) is 5.88 Å². The van der Waals surface area contributed by atoms with E-state index in [0.717, 1.165) is 25.4 Å². The lowest BCUT2D eigenvalue weighted by molar-refractivity contribution is 0.161. The van der Waals surface area contributed by atoms with Gasteiger partial charge in [0, 0.05) is 12.7 Å². The molecule has 0 aliphatic carbocycles. The van der Waals surface area contributed by atoms with Crippen molar-refractivity contribution in [2.24, 2.45) is 0 Å². The first-order valence-electron chi connectivity index (χ1n) is 4.46. The van der Waals surface area contributed by atoms with Crippen molar-refractivity contribution in [2.45, 2.75) is 18.9 Å². The fraction of sp³-hybridized carbons (Fsp3) is 0.556. The zero-order chi connectivity index (χ0) is 8.23. The van der Waals surface area contributed by atoms with Crippen molar-refractivity contribution in [2.75, 3.05) is 13.1 Å². The van der Waals surface area contributed by atoms with Crippen LogP contribution in [-0.4, -0.2) is 24.2 Å². The summed E-state index contributed by atoms with van der Waals surface area (Å²) in [5.74, 6) is 0.878. The first-order valence-corrected chi connectivity index (χ1v) is 4.46. The molecule has 3 nitrogen and oxygen atoms in total. The highest BCUT2D eigenvalue weighted by atomic mass is 16.5. The van der Waals surface area contributed by atoms with E-state index in [4.69, 9.17) is 4.74 Å². The van der Waals surface area contributed by atoms with Crippen LogP contribution in [0.2, 0.25) is 0 Å². The lowest BCUT2D eigenvalue weighted by Crippen LogP contribution is -2.37. The number of piperidine rings is 1. The smallest absolute Gasteiger partial charge is 0.191 e. The van der Waals surface area contributed by atoms with Crippen molar-refractivity contribution in [1.29, 1.82) is 0 Å². The number of hydrogen-bond acceptors (Lipinski definition) is 2. The van der Waals surface area contributed by atoms with Gasteiger partial charge in [0.2, 0.25) is 0 Å². The molecule has 1 fully saturated rings. The van der Waals surface area contributed by atoms with E-state index in [-0.39, 0.29) is 0 Å². The molecule has 3 heteroatoms. The van der Waals surface area contributed by atoms with Crippen LogP contribution in [-0.2, 0) is 0 Å². The Hall–Kier alpha value is -0.960. The molecule has 1 aliphatic rings. The third-order valence-electron chi connectivity index (χ3n) is 2.11. The monoisotopic (exact) mass is 166 g/mol. The van der Waals surface area contributed by atoms with Gasteiger partial charge in [-0.2, -0.15) is 0 Å². The van der Waals surface area contributed by atoms with E-state index in [1.807, 2.05) is 18.3 Å². The van der Waals surface area contributed by atoms with Crippen LogP contribution >= 0.6 is 0 Å². The fourth-order valence-electron chi connectivity index (χ4n) is 1.49. The van der Waals surface area contributed by atoms with Crippen LogP contribution in [0, 0.1) is 0 Å². The molecule has 66 valence electrons. The summed E-state index contributed by atoms with van der Waals surface area (Å²) >= 11 is 0. The van der Waals surface area contributed by atoms with Gasteiger partial charge >= 0.3 is 0 Å². The molecule has 0 saturated carbocycles. The third-order valence-corrected chi connectivity index (χ3v) is 2.11. The first kappa shape index (κ1) is 7.68. The van der Waals surface area contributed by atoms with Crippen molar-refractivity contribution in [3.05, 3.63) is 18.3 Å². The Kier molecular flexibility index (Phi) is 2.32. The summed E-state index contributed by atoms with van der Waals surface area (Å²) < 4.78 is 5.68. The minimum Gasteiger partial charge on any atom is -0.474 e. The highest BCUT2D eigenvalue weighted by Crippen LogP contribution is 2.12. The largest absolute Gasteiger partial charge is 0.474 e. The number of rotatable bonds is 2. The van der Waals surface area contributed by atoms with Crippen LogP contribution in [0.15, 0.2) is 18.3 Å². The van der Waals surface area contributed by atoms with E-state index in [1.165, 1.54) is 6.42 Å². The van der Waals surface area contributed by atoms with Crippen LogP contribution in [0.1, 0.15) is 12.8 Å². The Morgan fingerprint density at radius 2 is 2.50 bits per heavy atom. The van der Waals surface area contributed by atoms with E-state index < -0.39 is 0 Å². The molecule has 1 saturated heterocycles. The Bertz CT molecular complexity index is 214. The summed E-state index contributed by atoms with van der Waals surface area (Å²) in [6.07, 6.45) is 4.60. The molecular formula is C9H14N2O. The van der Waals surface area contributed by atoms with E-state index in [1.54, 1.807) is 0 Å². The normalized spacial score (nSPS) is 23.8. The summed E-state index contributed by atoms with van der Waals surface area (Å²) in [4.78, 5) is 3.03. The maximum Gasteiger partial charge on any atom is 0.191 e. The molecule has 0 radical (unpaired) electrons. The molecule has 2 rings (SSSR count). The summed E-state index contributed by atoms with van der Waals surface area (Å²) in [5, 5.41) is 3.31. The number of H-pyrrole nitrogens is 1. The van der Waals surface area contributed by atoms with Gasteiger partial charge in [0.15, 0.2) is 5.88 Å². The number of nitrogens with one attached hydrogen (secondary N) is 2. The average Bonchev–Trinajstić information content (AvgIpc) is 2.59. The highest BCUT2D eigenvalue weighted by Gasteiger charge is 2.13. The molecule has 2 N–H and O–H groups in total. The lowest BCUT2D eigenvalue weighted by atomic mass is 10.1. The van der Waals surface area contributed by atoms with Crippen molar-refractivity contribution >= 4 is 0 Å². The van der Waals surface area contributed by atoms with Gasteiger partial charge < -0.3 is 15.0 Å². The maximum absolute atomic E-state index is 5.68. The van der Waals surface area contributed by atoms with Gasteiger partial charge in [0.05, 0.1) is 0 Å². The van der Waals surface area contributed by atoms with Gasteiger partial charge in [-0.1, -0.05) is 0 Å². The molecule has 0 bridgehead atoms. The second kappa shape index (κ2) is 3.63. The van der Waals surface area contributed by atoms with Gasteiger partial charge in [0.1, 0.15) is 6.10 Å². The van der Waals surface area contributed by atoms with E-state index in [0.29, 0.717) is 6.10 Å². The van der Waals surface area contributed by atoms with E-state index in [9.17, 15) is 0 Å². The molecule has 2 heterocycles. The van der Waals surface area contributed by atoms with Gasteiger partial charge in [-0.3, -0.25) is 0 Å². The SMILES string of the molecule is c1c[nH]c(OC2CCCNC2)c1. The van der Waals surface area contributed by atoms with Crippen molar-refractivity contribution < 1.29 is 4.74 Å². The number of ether oxygens (including phenoxy) is 1. The zero-order valence-corrected chi connectivity index (χ0v) is 7.05. The third kappa shape index (κ3) is 1.80.